The summed E-state index contributed by atoms with van der Waals surface area (Å²) in [6.07, 6.45) is 0. The average molecular weight is 377 g/mol. The van der Waals surface area contributed by atoms with E-state index in [1.54, 1.807) is 16.8 Å². The van der Waals surface area contributed by atoms with Crippen LogP contribution in [0, 0.1) is 12.7 Å². The third-order valence-electron chi connectivity index (χ3n) is 2.82. The summed E-state index contributed by atoms with van der Waals surface area (Å²) in [7, 11) is 0. The lowest BCUT2D eigenvalue weighted by atomic mass is 10.1. The predicted molar refractivity (Wildman–Crippen MR) is 77.0 cm³/mol. The smallest absolute Gasteiger partial charge is 0.137 e. The number of nitrogen functional groups attached to an aromatic ring is 1. The molecule has 0 bridgehead atoms. The number of hydrogen-bond acceptors (Lipinski definition) is 2. The van der Waals surface area contributed by atoms with Crippen molar-refractivity contribution in [1.29, 1.82) is 0 Å². The highest BCUT2D eigenvalue weighted by Crippen LogP contribution is 2.30. The van der Waals surface area contributed by atoms with Crippen LogP contribution in [0.4, 0.5) is 10.2 Å². The molecule has 96 valence electrons. The Hall–Kier alpha value is -0.880. The van der Waals surface area contributed by atoms with Gasteiger partial charge < -0.3 is 5.73 Å². The maximum Gasteiger partial charge on any atom is 0.137 e. The molecule has 0 aliphatic rings. The third-order valence-corrected chi connectivity index (χ3v) is 4.30. The first-order chi connectivity index (χ1) is 8.41. The Morgan fingerprint density at radius 1 is 1.39 bits per heavy atom. The summed E-state index contributed by atoms with van der Waals surface area (Å²) in [5, 5.41) is 4.32. The molecule has 2 rings (SSSR count). The van der Waals surface area contributed by atoms with E-state index < -0.39 is 0 Å². The number of nitrogens with zero attached hydrogens (tertiary/aromatic N) is 2. The van der Waals surface area contributed by atoms with Crippen molar-refractivity contribution in [1.82, 2.24) is 9.78 Å². The molecule has 1 aromatic carbocycles. The lowest BCUT2D eigenvalue weighted by Crippen LogP contribution is -2.13. The van der Waals surface area contributed by atoms with Crippen molar-refractivity contribution in [2.24, 2.45) is 0 Å². The van der Waals surface area contributed by atoms with Crippen LogP contribution in [0.2, 0.25) is 0 Å². The van der Waals surface area contributed by atoms with Gasteiger partial charge in [-0.15, -0.1) is 0 Å². The molecule has 2 N–H and O–H groups in total. The lowest BCUT2D eigenvalue weighted by molar-refractivity contribution is 0.524. The molecule has 0 aliphatic carbocycles. The van der Waals surface area contributed by atoms with Crippen molar-refractivity contribution in [3.63, 3.8) is 0 Å². The molecule has 3 nitrogen and oxygen atoms in total. The Bertz CT molecular complexity index is 595. The van der Waals surface area contributed by atoms with E-state index in [4.69, 9.17) is 5.73 Å². The molecule has 0 saturated heterocycles. The topological polar surface area (TPSA) is 43.8 Å². The van der Waals surface area contributed by atoms with Crippen LogP contribution in [0.15, 0.2) is 27.1 Å². The Morgan fingerprint density at radius 2 is 2.06 bits per heavy atom. The molecule has 6 heteroatoms. The number of rotatable bonds is 2. The van der Waals surface area contributed by atoms with Gasteiger partial charge in [-0.3, -0.25) is 0 Å². The molecular weight excluding hydrogens is 365 g/mol. The molecule has 1 heterocycles. The highest BCUT2D eigenvalue weighted by Gasteiger charge is 2.19. The van der Waals surface area contributed by atoms with E-state index in [1.165, 1.54) is 6.07 Å². The number of aromatic nitrogens is 2. The van der Waals surface area contributed by atoms with Gasteiger partial charge in [0.05, 0.1) is 16.2 Å². The van der Waals surface area contributed by atoms with Crippen molar-refractivity contribution in [2.45, 2.75) is 19.9 Å². The van der Waals surface area contributed by atoms with Crippen molar-refractivity contribution in [2.75, 3.05) is 5.73 Å². The van der Waals surface area contributed by atoms with Gasteiger partial charge in [0.15, 0.2) is 0 Å². The average Bonchev–Trinajstić information content (AvgIpc) is 2.59. The molecule has 0 spiro atoms. The quantitative estimate of drug-likeness (QED) is 0.859. The van der Waals surface area contributed by atoms with Crippen LogP contribution in [0.5, 0.6) is 0 Å². The summed E-state index contributed by atoms with van der Waals surface area (Å²) in [6.45, 7) is 3.71. The number of hydrogen-bond donors (Lipinski definition) is 1. The van der Waals surface area contributed by atoms with Gasteiger partial charge in [0.25, 0.3) is 0 Å². The highest BCUT2D eigenvalue weighted by molar-refractivity contribution is 9.11. The van der Waals surface area contributed by atoms with Gasteiger partial charge in [-0.25, -0.2) is 9.07 Å². The maximum absolute atomic E-state index is 13.8. The molecule has 2 aromatic rings. The van der Waals surface area contributed by atoms with E-state index in [1.807, 2.05) is 13.8 Å². The van der Waals surface area contributed by atoms with Crippen molar-refractivity contribution >= 4 is 37.7 Å². The summed E-state index contributed by atoms with van der Waals surface area (Å²) in [5.74, 6) is 0.230. The minimum absolute atomic E-state index is 0.269. The Balaban J connectivity index is 2.50. The number of aryl methyl sites for hydroxylation is 1. The number of benzene rings is 1. The minimum atomic E-state index is -0.271. The van der Waals surface area contributed by atoms with Gasteiger partial charge in [0, 0.05) is 10.0 Å². The molecule has 0 amide bonds. The molecular formula is C12H12Br2FN3. The standard InChI is InChI=1S/C12H12Br2FN3/c1-6-11(14)12(16)18(17-6)7(2)9-5-8(13)3-4-10(9)15/h3-5,7H,16H2,1-2H3. The molecule has 18 heavy (non-hydrogen) atoms. The van der Waals surface area contributed by atoms with Gasteiger partial charge in [-0.05, 0) is 48.0 Å². The van der Waals surface area contributed by atoms with E-state index in [9.17, 15) is 4.39 Å². The second-order valence-electron chi connectivity index (χ2n) is 4.07. The summed E-state index contributed by atoms with van der Waals surface area (Å²) < 4.78 is 17.0. The fourth-order valence-electron chi connectivity index (χ4n) is 1.81. The van der Waals surface area contributed by atoms with Crippen molar-refractivity contribution in [3.05, 3.63) is 44.2 Å². The molecule has 0 fully saturated rings. The first kappa shape index (κ1) is 13.5. The summed E-state index contributed by atoms with van der Waals surface area (Å²) in [4.78, 5) is 0. The molecule has 1 aromatic heterocycles. The monoisotopic (exact) mass is 375 g/mol. The maximum atomic E-state index is 13.8. The van der Waals surface area contributed by atoms with E-state index >= 15 is 0 Å². The van der Waals surface area contributed by atoms with Gasteiger partial charge in [-0.2, -0.15) is 5.10 Å². The van der Waals surface area contributed by atoms with Crippen LogP contribution in [0.1, 0.15) is 24.2 Å². The van der Waals surface area contributed by atoms with Crippen molar-refractivity contribution in [3.8, 4) is 0 Å². The number of anilines is 1. The van der Waals surface area contributed by atoms with Crippen LogP contribution < -0.4 is 5.73 Å². The van der Waals surface area contributed by atoms with Crippen LogP contribution in [0.25, 0.3) is 0 Å². The zero-order chi connectivity index (χ0) is 13.4. The second-order valence-corrected chi connectivity index (χ2v) is 5.78. The van der Waals surface area contributed by atoms with E-state index in [2.05, 4.69) is 37.0 Å². The minimum Gasteiger partial charge on any atom is -0.383 e. The first-order valence-electron chi connectivity index (χ1n) is 5.37. The third kappa shape index (κ3) is 2.31. The normalized spacial score (nSPS) is 12.7. The Labute approximate surface area is 121 Å². The van der Waals surface area contributed by atoms with Gasteiger partial charge in [-0.1, -0.05) is 15.9 Å². The SMILES string of the molecule is Cc1nn(C(C)c2cc(Br)ccc2F)c(N)c1Br. The molecule has 0 saturated carbocycles. The second kappa shape index (κ2) is 5.01. The lowest BCUT2D eigenvalue weighted by Gasteiger charge is -2.15. The zero-order valence-electron chi connectivity index (χ0n) is 9.92. The summed E-state index contributed by atoms with van der Waals surface area (Å²) in [5.41, 5.74) is 7.28. The van der Waals surface area contributed by atoms with E-state index in [0.717, 1.165) is 14.6 Å². The highest BCUT2D eigenvalue weighted by atomic mass is 79.9. The van der Waals surface area contributed by atoms with Crippen LogP contribution >= 0.6 is 31.9 Å². The fourth-order valence-corrected chi connectivity index (χ4v) is 2.45. The molecule has 0 aliphatic heterocycles. The number of halogens is 3. The summed E-state index contributed by atoms with van der Waals surface area (Å²) in [6, 6.07) is 4.56. The van der Waals surface area contributed by atoms with E-state index in [0.29, 0.717) is 11.4 Å². The Kier molecular flexibility index (Phi) is 3.77. The Morgan fingerprint density at radius 3 is 2.61 bits per heavy atom. The molecule has 1 atom stereocenters. The zero-order valence-corrected chi connectivity index (χ0v) is 13.1. The largest absolute Gasteiger partial charge is 0.383 e. The summed E-state index contributed by atoms with van der Waals surface area (Å²) >= 11 is 6.70. The van der Waals surface area contributed by atoms with Gasteiger partial charge >= 0.3 is 0 Å². The van der Waals surface area contributed by atoms with Gasteiger partial charge in [0.2, 0.25) is 0 Å². The van der Waals surface area contributed by atoms with Crippen LogP contribution in [-0.4, -0.2) is 9.78 Å². The van der Waals surface area contributed by atoms with Crippen LogP contribution in [-0.2, 0) is 0 Å². The molecule has 0 radical (unpaired) electrons. The van der Waals surface area contributed by atoms with Gasteiger partial charge in [0.1, 0.15) is 11.6 Å². The predicted octanol–water partition coefficient (Wildman–Crippen LogP) is 4.05. The fraction of sp³-hybridized carbons (Fsp3) is 0.250. The van der Waals surface area contributed by atoms with E-state index in [-0.39, 0.29) is 11.9 Å². The number of nitrogens with two attached hydrogens (primary N) is 1. The van der Waals surface area contributed by atoms with Crippen molar-refractivity contribution < 1.29 is 4.39 Å². The first-order valence-corrected chi connectivity index (χ1v) is 6.95. The molecule has 1 unspecified atom stereocenters. The van der Waals surface area contributed by atoms with Crippen LogP contribution in [0.3, 0.4) is 0 Å².